The van der Waals surface area contributed by atoms with Gasteiger partial charge in [-0.15, -0.1) is 10.2 Å². The Labute approximate surface area is 134 Å². The minimum absolute atomic E-state index is 0.215. The molecule has 118 valence electrons. The highest BCUT2D eigenvalue weighted by Crippen LogP contribution is 2.21. The number of aromatic nitrogens is 2. The first-order valence-electron chi connectivity index (χ1n) is 7.61. The summed E-state index contributed by atoms with van der Waals surface area (Å²) < 4.78 is 11.3. The van der Waals surface area contributed by atoms with Crippen molar-refractivity contribution in [3.8, 4) is 23.0 Å². The summed E-state index contributed by atoms with van der Waals surface area (Å²) in [6.07, 6.45) is 2.57. The summed E-state index contributed by atoms with van der Waals surface area (Å²) in [4.78, 5) is 0. The molecule has 5 nitrogen and oxygen atoms in total. The molecule has 0 bridgehead atoms. The monoisotopic (exact) mass is 310 g/mol. The molecule has 0 unspecified atom stereocenters. The molecule has 5 heteroatoms. The van der Waals surface area contributed by atoms with E-state index < -0.39 is 0 Å². The van der Waals surface area contributed by atoms with Crippen LogP contribution in [0, 0.1) is 0 Å². The Morgan fingerprint density at radius 2 is 1.70 bits per heavy atom. The van der Waals surface area contributed by atoms with Gasteiger partial charge in [-0.25, -0.2) is 0 Å². The van der Waals surface area contributed by atoms with Gasteiger partial charge in [0.15, 0.2) is 0 Å². The Morgan fingerprint density at radius 1 is 0.913 bits per heavy atom. The standard InChI is InChI=1S/C18H18N2O3/c21-15-11-9-14(10-12-15)18-20-19-17(23-18)8-4-5-13-22-16-6-2-1-3-7-16/h1-3,6-7,9-12,21H,4-5,8,13H2. The van der Waals surface area contributed by atoms with Crippen LogP contribution in [0.15, 0.2) is 59.0 Å². The van der Waals surface area contributed by atoms with Gasteiger partial charge in [-0.05, 0) is 49.2 Å². The number of phenols is 1. The highest BCUT2D eigenvalue weighted by molar-refractivity contribution is 5.53. The van der Waals surface area contributed by atoms with Gasteiger partial charge in [0.1, 0.15) is 11.5 Å². The number of phenolic OH excluding ortho intramolecular Hbond substituents is 1. The lowest BCUT2D eigenvalue weighted by molar-refractivity contribution is 0.304. The van der Waals surface area contributed by atoms with Crippen molar-refractivity contribution in [2.75, 3.05) is 6.61 Å². The molecule has 0 atom stereocenters. The van der Waals surface area contributed by atoms with Crippen LogP contribution in [0.5, 0.6) is 11.5 Å². The molecule has 1 aromatic heterocycles. The molecule has 0 saturated carbocycles. The maximum Gasteiger partial charge on any atom is 0.247 e. The number of para-hydroxylation sites is 1. The predicted octanol–water partition coefficient (Wildman–Crippen LogP) is 3.84. The van der Waals surface area contributed by atoms with Gasteiger partial charge in [-0.3, -0.25) is 0 Å². The lowest BCUT2D eigenvalue weighted by Gasteiger charge is -2.04. The number of hydrogen-bond donors (Lipinski definition) is 1. The molecular formula is C18H18N2O3. The van der Waals surface area contributed by atoms with Crippen molar-refractivity contribution in [2.24, 2.45) is 0 Å². The number of aromatic hydroxyl groups is 1. The summed E-state index contributed by atoms with van der Waals surface area (Å²) in [6.45, 7) is 0.670. The van der Waals surface area contributed by atoms with E-state index >= 15 is 0 Å². The summed E-state index contributed by atoms with van der Waals surface area (Å²) in [5.74, 6) is 2.19. The summed E-state index contributed by atoms with van der Waals surface area (Å²) in [5, 5.41) is 17.4. The first-order chi connectivity index (χ1) is 11.3. The van der Waals surface area contributed by atoms with E-state index in [9.17, 15) is 5.11 Å². The Bertz CT molecular complexity index is 724. The zero-order chi connectivity index (χ0) is 15.9. The van der Waals surface area contributed by atoms with Crippen molar-refractivity contribution >= 4 is 0 Å². The minimum atomic E-state index is 0.215. The van der Waals surface area contributed by atoms with Crippen LogP contribution in [0.1, 0.15) is 18.7 Å². The first-order valence-corrected chi connectivity index (χ1v) is 7.61. The normalized spacial score (nSPS) is 10.6. The van der Waals surface area contributed by atoms with Gasteiger partial charge in [0.2, 0.25) is 11.8 Å². The second-order valence-electron chi connectivity index (χ2n) is 5.17. The number of nitrogens with zero attached hydrogens (tertiary/aromatic N) is 2. The van der Waals surface area contributed by atoms with Crippen LogP contribution >= 0.6 is 0 Å². The van der Waals surface area contributed by atoms with E-state index in [4.69, 9.17) is 9.15 Å². The zero-order valence-electron chi connectivity index (χ0n) is 12.7. The lowest BCUT2D eigenvalue weighted by atomic mass is 10.2. The third kappa shape index (κ3) is 4.32. The van der Waals surface area contributed by atoms with Crippen molar-refractivity contribution < 1.29 is 14.3 Å². The van der Waals surface area contributed by atoms with Gasteiger partial charge in [-0.2, -0.15) is 0 Å². The molecule has 3 aromatic rings. The van der Waals surface area contributed by atoms with Crippen LogP contribution in [-0.2, 0) is 6.42 Å². The fourth-order valence-corrected chi connectivity index (χ4v) is 2.16. The Hall–Kier alpha value is -2.82. The number of ether oxygens (including phenoxy) is 1. The van der Waals surface area contributed by atoms with Crippen LogP contribution < -0.4 is 4.74 Å². The second kappa shape index (κ2) is 7.45. The maximum atomic E-state index is 9.28. The largest absolute Gasteiger partial charge is 0.508 e. The molecule has 0 aliphatic rings. The summed E-state index contributed by atoms with van der Waals surface area (Å²) in [6, 6.07) is 16.5. The van der Waals surface area contributed by atoms with E-state index in [-0.39, 0.29) is 5.75 Å². The average molecular weight is 310 g/mol. The summed E-state index contributed by atoms with van der Waals surface area (Å²) >= 11 is 0. The molecule has 1 heterocycles. The van der Waals surface area contributed by atoms with Gasteiger partial charge in [0, 0.05) is 12.0 Å². The molecular weight excluding hydrogens is 292 g/mol. The third-order valence-corrected chi connectivity index (χ3v) is 3.38. The molecule has 2 aromatic carbocycles. The van der Waals surface area contributed by atoms with Gasteiger partial charge in [-0.1, -0.05) is 18.2 Å². The molecule has 0 fully saturated rings. The average Bonchev–Trinajstić information content (AvgIpc) is 3.05. The summed E-state index contributed by atoms with van der Waals surface area (Å²) in [5.41, 5.74) is 0.800. The number of benzene rings is 2. The van der Waals surface area contributed by atoms with E-state index in [1.54, 1.807) is 24.3 Å². The lowest BCUT2D eigenvalue weighted by Crippen LogP contribution is -1.98. The van der Waals surface area contributed by atoms with Crippen molar-refractivity contribution in [3.63, 3.8) is 0 Å². The topological polar surface area (TPSA) is 68.4 Å². The Morgan fingerprint density at radius 3 is 2.48 bits per heavy atom. The second-order valence-corrected chi connectivity index (χ2v) is 5.17. The molecule has 0 spiro atoms. The van der Waals surface area contributed by atoms with Gasteiger partial charge in [0.25, 0.3) is 0 Å². The van der Waals surface area contributed by atoms with Crippen LogP contribution in [-0.4, -0.2) is 21.9 Å². The zero-order valence-corrected chi connectivity index (χ0v) is 12.7. The Kier molecular flexibility index (Phi) is 4.88. The van der Waals surface area contributed by atoms with Crippen LogP contribution in [0.3, 0.4) is 0 Å². The van der Waals surface area contributed by atoms with Crippen molar-refractivity contribution in [1.82, 2.24) is 10.2 Å². The van der Waals surface area contributed by atoms with Gasteiger partial charge < -0.3 is 14.3 Å². The molecule has 0 aliphatic heterocycles. The minimum Gasteiger partial charge on any atom is -0.508 e. The number of rotatable bonds is 7. The quantitative estimate of drug-likeness (QED) is 0.671. The highest BCUT2D eigenvalue weighted by atomic mass is 16.5. The molecule has 0 amide bonds. The number of unbranched alkanes of at least 4 members (excludes halogenated alkanes) is 1. The number of aryl methyl sites for hydroxylation is 1. The van der Waals surface area contributed by atoms with Crippen molar-refractivity contribution in [1.29, 1.82) is 0 Å². The smallest absolute Gasteiger partial charge is 0.247 e. The molecule has 1 N–H and O–H groups in total. The molecule has 0 radical (unpaired) electrons. The predicted molar refractivity (Wildman–Crippen MR) is 86.3 cm³/mol. The van der Waals surface area contributed by atoms with Crippen molar-refractivity contribution in [2.45, 2.75) is 19.3 Å². The third-order valence-electron chi connectivity index (χ3n) is 3.38. The van der Waals surface area contributed by atoms with Gasteiger partial charge >= 0.3 is 0 Å². The molecule has 0 aliphatic carbocycles. The van der Waals surface area contributed by atoms with E-state index in [0.717, 1.165) is 30.6 Å². The highest BCUT2D eigenvalue weighted by Gasteiger charge is 2.08. The fourth-order valence-electron chi connectivity index (χ4n) is 2.16. The first kappa shape index (κ1) is 15.1. The molecule has 0 saturated heterocycles. The van der Waals surface area contributed by atoms with E-state index in [1.165, 1.54) is 0 Å². The fraction of sp³-hybridized carbons (Fsp3) is 0.222. The SMILES string of the molecule is Oc1ccc(-c2nnc(CCCCOc3ccccc3)o2)cc1. The van der Waals surface area contributed by atoms with E-state index in [0.29, 0.717) is 18.4 Å². The van der Waals surface area contributed by atoms with Crippen molar-refractivity contribution in [3.05, 3.63) is 60.5 Å². The Balaban J connectivity index is 1.43. The maximum absolute atomic E-state index is 9.28. The molecule has 23 heavy (non-hydrogen) atoms. The molecule has 3 rings (SSSR count). The van der Waals surface area contributed by atoms with E-state index in [1.807, 2.05) is 30.3 Å². The van der Waals surface area contributed by atoms with Gasteiger partial charge in [0.05, 0.1) is 6.61 Å². The van der Waals surface area contributed by atoms with E-state index in [2.05, 4.69) is 10.2 Å². The van der Waals surface area contributed by atoms with Crippen LogP contribution in [0.25, 0.3) is 11.5 Å². The summed E-state index contributed by atoms with van der Waals surface area (Å²) in [7, 11) is 0. The van der Waals surface area contributed by atoms with Crippen LogP contribution in [0.2, 0.25) is 0 Å². The van der Waals surface area contributed by atoms with Crippen LogP contribution in [0.4, 0.5) is 0 Å². The number of hydrogen-bond acceptors (Lipinski definition) is 5.